The molecule has 2 N–H and O–H groups in total. The van der Waals surface area contributed by atoms with Crippen molar-refractivity contribution in [2.24, 2.45) is 0 Å². The Bertz CT molecular complexity index is 955. The number of amides is 2. The average Bonchev–Trinajstić information content (AvgIpc) is 2.83. The first kappa shape index (κ1) is 24.2. The van der Waals surface area contributed by atoms with Crippen LogP contribution in [0.15, 0.2) is 60.7 Å². The monoisotopic (exact) mass is 469 g/mol. The van der Waals surface area contributed by atoms with Crippen LogP contribution >= 0.6 is 12.2 Å². The zero-order chi connectivity index (χ0) is 23.5. The minimum absolute atomic E-state index is 0.0583. The van der Waals surface area contributed by atoms with E-state index in [1.165, 1.54) is 0 Å². The summed E-state index contributed by atoms with van der Waals surface area (Å²) < 4.78 is 10.7. The molecule has 1 atom stereocenters. The number of nitrogens with one attached hydrogen (secondary N) is 2. The van der Waals surface area contributed by atoms with Crippen molar-refractivity contribution in [1.29, 1.82) is 0 Å². The van der Waals surface area contributed by atoms with E-state index < -0.39 is 12.0 Å². The normalized spacial score (nSPS) is 15.3. The zero-order valence-electron chi connectivity index (χ0n) is 18.2. The number of esters is 1. The summed E-state index contributed by atoms with van der Waals surface area (Å²) in [5.41, 5.74) is 1.05. The van der Waals surface area contributed by atoms with Crippen molar-refractivity contribution in [1.82, 2.24) is 15.5 Å². The highest BCUT2D eigenvalue weighted by molar-refractivity contribution is 7.80. The molecule has 8 nitrogen and oxygen atoms in total. The summed E-state index contributed by atoms with van der Waals surface area (Å²) in [6.07, 6.45) is 0.659. The van der Waals surface area contributed by atoms with Gasteiger partial charge in [0.1, 0.15) is 25.0 Å². The van der Waals surface area contributed by atoms with Crippen molar-refractivity contribution in [2.75, 3.05) is 26.3 Å². The van der Waals surface area contributed by atoms with E-state index in [4.69, 9.17) is 21.7 Å². The van der Waals surface area contributed by atoms with E-state index in [-0.39, 0.29) is 43.0 Å². The van der Waals surface area contributed by atoms with Crippen molar-refractivity contribution in [2.45, 2.75) is 25.3 Å². The number of hydrogen-bond donors (Lipinski definition) is 2. The predicted molar refractivity (Wildman–Crippen MR) is 127 cm³/mol. The highest BCUT2D eigenvalue weighted by Crippen LogP contribution is 2.12. The Balaban J connectivity index is 1.45. The molecule has 0 aromatic heterocycles. The summed E-state index contributed by atoms with van der Waals surface area (Å²) in [6, 6.07) is 18.0. The van der Waals surface area contributed by atoms with Crippen LogP contribution in [0.2, 0.25) is 0 Å². The summed E-state index contributed by atoms with van der Waals surface area (Å²) >= 11 is 5.37. The molecule has 0 saturated carbocycles. The molecule has 2 amide bonds. The van der Waals surface area contributed by atoms with Gasteiger partial charge < -0.3 is 25.0 Å². The third-order valence-electron chi connectivity index (χ3n) is 5.04. The Morgan fingerprint density at radius 2 is 1.76 bits per heavy atom. The third kappa shape index (κ3) is 7.87. The van der Waals surface area contributed by atoms with E-state index in [2.05, 4.69) is 10.6 Å². The van der Waals surface area contributed by atoms with Gasteiger partial charge in [0, 0.05) is 19.5 Å². The summed E-state index contributed by atoms with van der Waals surface area (Å²) in [5.74, 6) is -0.439. The zero-order valence-corrected chi connectivity index (χ0v) is 19.0. The van der Waals surface area contributed by atoms with E-state index in [1.54, 1.807) is 17.0 Å². The highest BCUT2D eigenvalue weighted by Gasteiger charge is 2.34. The molecule has 33 heavy (non-hydrogen) atoms. The molecular weight excluding hydrogens is 442 g/mol. The van der Waals surface area contributed by atoms with Gasteiger partial charge in [-0.2, -0.15) is 0 Å². The SMILES string of the molecule is O=C(CCc1ccccc1)NC(=S)N1CCNC(=O)C1CC(=O)OCCOc1ccccc1. The van der Waals surface area contributed by atoms with Gasteiger partial charge >= 0.3 is 5.97 Å². The van der Waals surface area contributed by atoms with Gasteiger partial charge in [-0.05, 0) is 36.3 Å². The quantitative estimate of drug-likeness (QED) is 0.329. The van der Waals surface area contributed by atoms with Crippen LogP contribution in [0.25, 0.3) is 0 Å². The van der Waals surface area contributed by atoms with Gasteiger partial charge in [0.25, 0.3) is 0 Å². The van der Waals surface area contributed by atoms with Crippen molar-refractivity contribution in [3.63, 3.8) is 0 Å². The summed E-state index contributed by atoms with van der Waals surface area (Å²) in [5, 5.41) is 5.54. The number of hydrogen-bond acceptors (Lipinski definition) is 6. The molecule has 2 aromatic carbocycles. The molecule has 174 valence electrons. The molecule has 0 aliphatic carbocycles. The average molecular weight is 470 g/mol. The fourth-order valence-electron chi connectivity index (χ4n) is 3.37. The van der Waals surface area contributed by atoms with Crippen LogP contribution in [0.3, 0.4) is 0 Å². The largest absolute Gasteiger partial charge is 0.490 e. The molecule has 1 unspecified atom stereocenters. The van der Waals surface area contributed by atoms with Gasteiger partial charge in [0.15, 0.2) is 5.11 Å². The Morgan fingerprint density at radius 3 is 2.48 bits per heavy atom. The standard InChI is InChI=1S/C24H27N3O5S/c28-21(12-11-18-7-3-1-4-8-18)26-24(33)27-14-13-25-23(30)20(27)17-22(29)32-16-15-31-19-9-5-2-6-10-19/h1-10,20H,11-17H2,(H,25,30)(H,26,28,33). The molecule has 1 aliphatic heterocycles. The summed E-state index contributed by atoms with van der Waals surface area (Å²) in [4.78, 5) is 38.6. The number of thiocarbonyl (C=S) groups is 1. The van der Waals surface area contributed by atoms with Crippen molar-refractivity contribution < 1.29 is 23.9 Å². The lowest BCUT2D eigenvalue weighted by molar-refractivity contribution is -0.148. The van der Waals surface area contributed by atoms with Gasteiger partial charge in [-0.3, -0.25) is 14.4 Å². The number of piperazine rings is 1. The molecule has 3 rings (SSSR count). The van der Waals surface area contributed by atoms with Gasteiger partial charge in [0.2, 0.25) is 11.8 Å². The first-order valence-corrected chi connectivity index (χ1v) is 11.2. The first-order valence-electron chi connectivity index (χ1n) is 10.8. The lowest BCUT2D eigenvalue weighted by atomic mass is 10.1. The molecule has 0 spiro atoms. The lowest BCUT2D eigenvalue weighted by Crippen LogP contribution is -2.60. The maximum absolute atomic E-state index is 12.4. The lowest BCUT2D eigenvalue weighted by Gasteiger charge is -2.36. The van der Waals surface area contributed by atoms with Crippen LogP contribution in [0.1, 0.15) is 18.4 Å². The Kier molecular flexibility index (Phi) is 9.19. The van der Waals surface area contributed by atoms with Crippen molar-refractivity contribution >= 4 is 35.1 Å². The number of nitrogens with zero attached hydrogens (tertiary/aromatic N) is 1. The maximum Gasteiger partial charge on any atom is 0.308 e. The number of aryl methyl sites for hydroxylation is 1. The molecule has 1 heterocycles. The number of carbonyl (C=O) groups excluding carboxylic acids is 3. The fraction of sp³-hybridized carbons (Fsp3) is 0.333. The molecule has 1 saturated heterocycles. The topological polar surface area (TPSA) is 97.0 Å². The second-order valence-corrected chi connectivity index (χ2v) is 7.81. The molecule has 9 heteroatoms. The highest BCUT2D eigenvalue weighted by atomic mass is 32.1. The Labute approximate surface area is 198 Å². The van der Waals surface area contributed by atoms with Crippen molar-refractivity contribution in [3.8, 4) is 5.75 Å². The van der Waals surface area contributed by atoms with E-state index in [0.717, 1.165) is 5.56 Å². The summed E-state index contributed by atoms with van der Waals surface area (Å²) in [6.45, 7) is 1.02. The molecular formula is C24H27N3O5S. The van der Waals surface area contributed by atoms with E-state index in [9.17, 15) is 14.4 Å². The second-order valence-electron chi connectivity index (χ2n) is 7.43. The Morgan fingerprint density at radius 1 is 1.06 bits per heavy atom. The van der Waals surface area contributed by atoms with Crippen LogP contribution in [0.5, 0.6) is 5.75 Å². The van der Waals surface area contributed by atoms with Gasteiger partial charge in [-0.25, -0.2) is 0 Å². The second kappa shape index (κ2) is 12.5. The van der Waals surface area contributed by atoms with Gasteiger partial charge in [0.05, 0.1) is 6.42 Å². The van der Waals surface area contributed by atoms with Crippen molar-refractivity contribution in [3.05, 3.63) is 66.2 Å². The Hall–Kier alpha value is -3.46. The van der Waals surface area contributed by atoms with Gasteiger partial charge in [-0.15, -0.1) is 0 Å². The van der Waals surface area contributed by atoms with Crippen LogP contribution in [0, 0.1) is 0 Å². The fourth-order valence-corrected chi connectivity index (χ4v) is 3.70. The van der Waals surface area contributed by atoms with Gasteiger partial charge in [-0.1, -0.05) is 48.5 Å². The maximum atomic E-state index is 12.4. The first-order chi connectivity index (χ1) is 16.0. The van der Waals surface area contributed by atoms with E-state index in [0.29, 0.717) is 25.3 Å². The van der Waals surface area contributed by atoms with E-state index in [1.807, 2.05) is 48.5 Å². The minimum atomic E-state index is -0.844. The van der Waals surface area contributed by atoms with Crippen LogP contribution in [-0.2, 0) is 25.5 Å². The molecule has 1 aliphatic rings. The number of rotatable bonds is 9. The predicted octanol–water partition coefficient (Wildman–Crippen LogP) is 1.83. The van der Waals surface area contributed by atoms with Crippen LogP contribution < -0.4 is 15.4 Å². The summed E-state index contributed by atoms with van der Waals surface area (Å²) in [7, 11) is 0. The number of carbonyl (C=O) groups is 3. The smallest absolute Gasteiger partial charge is 0.308 e. The van der Waals surface area contributed by atoms with E-state index >= 15 is 0 Å². The molecule has 1 fully saturated rings. The molecule has 0 bridgehead atoms. The molecule has 0 radical (unpaired) electrons. The van der Waals surface area contributed by atoms with Crippen LogP contribution in [-0.4, -0.2) is 60.1 Å². The molecule has 2 aromatic rings. The number of para-hydroxylation sites is 1. The number of benzene rings is 2. The third-order valence-corrected chi connectivity index (χ3v) is 5.38. The van der Waals surface area contributed by atoms with Crippen LogP contribution in [0.4, 0.5) is 0 Å². The number of ether oxygens (including phenoxy) is 2. The minimum Gasteiger partial charge on any atom is -0.490 e.